The molecule has 2 N–H and O–H groups in total. The molecule has 5 nitrogen and oxygen atoms in total. The first-order valence-electron chi connectivity index (χ1n) is 6.55. The molecule has 3 rings (SSSR count). The number of amides is 1. The van der Waals surface area contributed by atoms with Crippen LogP contribution in [0.1, 0.15) is 25.3 Å². The highest BCUT2D eigenvalue weighted by Crippen LogP contribution is 2.34. The van der Waals surface area contributed by atoms with Crippen LogP contribution in [0.4, 0.5) is 4.39 Å². The van der Waals surface area contributed by atoms with Crippen LogP contribution in [0.2, 0.25) is 0 Å². The zero-order chi connectivity index (χ0) is 14.3. The van der Waals surface area contributed by atoms with Crippen LogP contribution >= 0.6 is 0 Å². The standard InChI is InChI=1S/C14H16FN3O2/c1-14(11-9(15)4-3-5-10(11)20-2)12(19)17-13(18-14)16-8-6-7-8/h3-5,8H,6-7H2,1-2H3,(H2,16,17,18,19). The number of nitrogens with one attached hydrogen (secondary N) is 2. The van der Waals surface area contributed by atoms with Crippen LogP contribution < -0.4 is 15.4 Å². The Balaban J connectivity index is 2.02. The molecule has 106 valence electrons. The van der Waals surface area contributed by atoms with Crippen LogP contribution in [-0.4, -0.2) is 25.0 Å². The summed E-state index contributed by atoms with van der Waals surface area (Å²) in [6, 6.07) is 4.76. The number of halogens is 1. The first-order chi connectivity index (χ1) is 9.54. The third-order valence-electron chi connectivity index (χ3n) is 3.61. The highest BCUT2D eigenvalue weighted by Gasteiger charge is 2.46. The Labute approximate surface area is 116 Å². The predicted octanol–water partition coefficient (Wildman–Crippen LogP) is 1.29. The van der Waals surface area contributed by atoms with Crippen LogP contribution in [0, 0.1) is 5.82 Å². The van der Waals surface area contributed by atoms with Gasteiger partial charge >= 0.3 is 0 Å². The van der Waals surface area contributed by atoms with Crippen molar-refractivity contribution in [2.45, 2.75) is 31.3 Å². The summed E-state index contributed by atoms with van der Waals surface area (Å²) in [5.41, 5.74) is -1.02. The fourth-order valence-corrected chi connectivity index (χ4v) is 2.34. The van der Waals surface area contributed by atoms with Crippen molar-refractivity contribution in [3.63, 3.8) is 0 Å². The van der Waals surface area contributed by atoms with Crippen molar-refractivity contribution >= 4 is 11.9 Å². The van der Waals surface area contributed by atoms with E-state index in [9.17, 15) is 9.18 Å². The van der Waals surface area contributed by atoms with Gasteiger partial charge in [-0.25, -0.2) is 9.38 Å². The normalized spacial score (nSPS) is 27.4. The first-order valence-corrected chi connectivity index (χ1v) is 6.55. The fraction of sp³-hybridized carbons (Fsp3) is 0.429. The van der Waals surface area contributed by atoms with E-state index in [0.717, 1.165) is 12.8 Å². The average molecular weight is 277 g/mol. The smallest absolute Gasteiger partial charge is 0.257 e. The van der Waals surface area contributed by atoms with Crippen LogP contribution in [0.25, 0.3) is 0 Å². The second-order valence-corrected chi connectivity index (χ2v) is 5.23. The van der Waals surface area contributed by atoms with Gasteiger partial charge in [0, 0.05) is 0 Å². The molecule has 2 fully saturated rings. The monoisotopic (exact) mass is 277 g/mol. The molecule has 0 bridgehead atoms. The Morgan fingerprint density at radius 3 is 2.85 bits per heavy atom. The summed E-state index contributed by atoms with van der Waals surface area (Å²) in [5, 5.41) is 5.66. The third-order valence-corrected chi connectivity index (χ3v) is 3.61. The van der Waals surface area contributed by atoms with E-state index >= 15 is 0 Å². The Kier molecular flexibility index (Phi) is 2.88. The van der Waals surface area contributed by atoms with Gasteiger partial charge in [-0.3, -0.25) is 10.1 Å². The predicted molar refractivity (Wildman–Crippen MR) is 72.0 cm³/mol. The van der Waals surface area contributed by atoms with Crippen molar-refractivity contribution in [2.75, 3.05) is 7.11 Å². The second-order valence-electron chi connectivity index (χ2n) is 5.23. The zero-order valence-electron chi connectivity index (χ0n) is 11.4. The van der Waals surface area contributed by atoms with E-state index in [1.807, 2.05) is 0 Å². The molecule has 0 spiro atoms. The summed E-state index contributed by atoms with van der Waals surface area (Å²) < 4.78 is 19.4. The van der Waals surface area contributed by atoms with Gasteiger partial charge in [0.1, 0.15) is 17.1 Å². The summed E-state index contributed by atoms with van der Waals surface area (Å²) in [6.07, 6.45) is 2.06. The highest BCUT2D eigenvalue weighted by molar-refractivity contribution is 6.09. The van der Waals surface area contributed by atoms with Crippen molar-refractivity contribution in [1.29, 1.82) is 0 Å². The molecule has 1 atom stereocenters. The average Bonchev–Trinajstić information content (AvgIpc) is 3.16. The Bertz CT molecular complexity index is 598. The topological polar surface area (TPSA) is 62.7 Å². The maximum atomic E-state index is 14.2. The number of rotatable bonds is 3. The maximum absolute atomic E-state index is 14.2. The number of carbonyl (C=O) groups excluding carboxylic acids is 1. The molecule has 20 heavy (non-hydrogen) atoms. The molecule has 1 aliphatic carbocycles. The summed E-state index contributed by atoms with van der Waals surface area (Å²) in [7, 11) is 1.45. The van der Waals surface area contributed by atoms with Gasteiger partial charge in [-0.15, -0.1) is 0 Å². The molecule has 1 aliphatic heterocycles. The van der Waals surface area contributed by atoms with Crippen LogP contribution in [0.15, 0.2) is 23.2 Å². The van der Waals surface area contributed by atoms with Gasteiger partial charge in [0.15, 0.2) is 5.96 Å². The number of hydrogen-bond acceptors (Lipinski definition) is 3. The summed E-state index contributed by atoms with van der Waals surface area (Å²) in [5.74, 6) is -0.0735. The van der Waals surface area contributed by atoms with E-state index < -0.39 is 11.4 Å². The second kappa shape index (κ2) is 4.47. The van der Waals surface area contributed by atoms with Gasteiger partial charge in [-0.1, -0.05) is 6.07 Å². The lowest BCUT2D eigenvalue weighted by molar-refractivity contribution is -0.123. The van der Waals surface area contributed by atoms with E-state index in [2.05, 4.69) is 15.6 Å². The van der Waals surface area contributed by atoms with Gasteiger partial charge in [-0.2, -0.15) is 0 Å². The number of benzene rings is 1. The number of nitrogens with zero attached hydrogens (tertiary/aromatic N) is 1. The quantitative estimate of drug-likeness (QED) is 0.875. The molecule has 0 aromatic heterocycles. The first kappa shape index (κ1) is 12.9. The number of ether oxygens (including phenoxy) is 1. The molecule has 1 aromatic carbocycles. The van der Waals surface area contributed by atoms with Gasteiger partial charge in [0.05, 0.1) is 18.7 Å². The van der Waals surface area contributed by atoms with E-state index in [1.165, 1.54) is 13.2 Å². The number of hydrogen-bond donors (Lipinski definition) is 2. The molecule has 1 amide bonds. The van der Waals surface area contributed by atoms with Gasteiger partial charge in [0.2, 0.25) is 0 Å². The number of carbonyl (C=O) groups is 1. The molecule has 1 saturated carbocycles. The highest BCUT2D eigenvalue weighted by atomic mass is 19.1. The molecule has 2 aliphatic rings. The van der Waals surface area contributed by atoms with Crippen molar-refractivity contribution < 1.29 is 13.9 Å². The van der Waals surface area contributed by atoms with E-state index in [1.54, 1.807) is 19.1 Å². The minimum absolute atomic E-state index is 0.195. The third kappa shape index (κ3) is 2.01. The van der Waals surface area contributed by atoms with Crippen molar-refractivity contribution in [3.05, 3.63) is 29.6 Å². The lowest BCUT2D eigenvalue weighted by Crippen LogP contribution is -2.41. The van der Waals surface area contributed by atoms with Crippen LogP contribution in [-0.2, 0) is 10.3 Å². The lowest BCUT2D eigenvalue weighted by Gasteiger charge is -2.24. The lowest BCUT2D eigenvalue weighted by atomic mass is 9.91. The minimum atomic E-state index is -1.22. The van der Waals surface area contributed by atoms with E-state index in [0.29, 0.717) is 11.7 Å². The van der Waals surface area contributed by atoms with Crippen molar-refractivity contribution in [2.24, 2.45) is 4.99 Å². The minimum Gasteiger partial charge on any atom is -0.496 e. The van der Waals surface area contributed by atoms with Crippen LogP contribution in [0.3, 0.4) is 0 Å². The molecule has 1 unspecified atom stereocenters. The summed E-state index contributed by atoms with van der Waals surface area (Å²) in [6.45, 7) is 1.62. The van der Waals surface area contributed by atoms with Gasteiger partial charge in [0.25, 0.3) is 5.91 Å². The van der Waals surface area contributed by atoms with Crippen molar-refractivity contribution in [1.82, 2.24) is 10.6 Å². The Morgan fingerprint density at radius 1 is 1.45 bits per heavy atom. The summed E-state index contributed by atoms with van der Waals surface area (Å²) in [4.78, 5) is 16.6. The number of guanidine groups is 1. The Morgan fingerprint density at radius 2 is 2.20 bits per heavy atom. The van der Waals surface area contributed by atoms with E-state index in [4.69, 9.17) is 4.74 Å². The maximum Gasteiger partial charge on any atom is 0.257 e. The van der Waals surface area contributed by atoms with Gasteiger partial charge in [-0.05, 0) is 31.9 Å². The molecule has 1 saturated heterocycles. The van der Waals surface area contributed by atoms with Crippen LogP contribution in [0.5, 0.6) is 5.75 Å². The van der Waals surface area contributed by atoms with Crippen molar-refractivity contribution in [3.8, 4) is 5.75 Å². The molecular formula is C14H16FN3O2. The largest absolute Gasteiger partial charge is 0.496 e. The SMILES string of the molecule is COc1cccc(F)c1C1(C)NC(=NC2CC2)NC1=O. The molecule has 1 aromatic rings. The molecule has 0 radical (unpaired) electrons. The molecule has 1 heterocycles. The van der Waals surface area contributed by atoms with E-state index in [-0.39, 0.29) is 17.5 Å². The fourth-order valence-electron chi connectivity index (χ4n) is 2.34. The number of aliphatic imine (C=N–C) groups is 1. The molecule has 6 heteroatoms. The van der Waals surface area contributed by atoms with Gasteiger partial charge < -0.3 is 10.1 Å². The summed E-state index contributed by atoms with van der Waals surface area (Å²) >= 11 is 0. The zero-order valence-corrected chi connectivity index (χ0v) is 11.4. The Hall–Kier alpha value is -2.11. The number of methoxy groups -OCH3 is 1. The molecular weight excluding hydrogens is 261 g/mol.